The van der Waals surface area contributed by atoms with Gasteiger partial charge in [0.1, 0.15) is 0 Å². The molecule has 2 bridgehead atoms. The van der Waals surface area contributed by atoms with E-state index < -0.39 is 10.0 Å². The van der Waals surface area contributed by atoms with Crippen LogP contribution in [-0.4, -0.2) is 36.9 Å². The van der Waals surface area contributed by atoms with Crippen molar-refractivity contribution >= 4 is 20.8 Å². The summed E-state index contributed by atoms with van der Waals surface area (Å²) >= 11 is 0. The zero-order valence-corrected chi connectivity index (χ0v) is 21.4. The molecule has 6 atom stereocenters. The molecule has 2 saturated carbocycles. The lowest BCUT2D eigenvalue weighted by Gasteiger charge is -2.54. The van der Waals surface area contributed by atoms with Gasteiger partial charge in [-0.25, -0.2) is 13.1 Å². The van der Waals surface area contributed by atoms with Gasteiger partial charge in [-0.2, -0.15) is 0 Å². The number of hydrogen-bond donors (Lipinski definition) is 1. The van der Waals surface area contributed by atoms with Crippen LogP contribution in [0.15, 0.2) is 60.0 Å². The molecule has 1 saturated heterocycles. The number of hydrogen-bond acceptors (Lipinski definition) is 4. The van der Waals surface area contributed by atoms with Gasteiger partial charge in [0, 0.05) is 23.8 Å². The Morgan fingerprint density at radius 2 is 2.00 bits per heavy atom. The third-order valence-electron chi connectivity index (χ3n) is 10.1. The standard InChI is InChI=1S/C29H34N2O3S/c1-27-11-9-23-16-22-5-6-24(31-35(2,32)33)17-28(22)12-13-29(23,34-28)26(27)8-7-25(27)20-4-3-19-10-14-30-18-21(19)15-20/h3-4,9-10,14-16,18,24-26,31H,5-8,11-13,17H2,1-2H3/t24-,25-,26?,27-,28-,29-/m1/s1. The number of pyridine rings is 1. The SMILES string of the molecule is C[C@]12CC=C3C=C4CC[C@@H](NS(C)(=O)=O)C[C@]45CC[C@]3(O5)C1CC[C@@H]2c1ccc2ccncc2c1. The van der Waals surface area contributed by atoms with E-state index in [0.29, 0.717) is 11.8 Å². The molecule has 5 nitrogen and oxygen atoms in total. The van der Waals surface area contributed by atoms with Crippen LogP contribution in [0.3, 0.4) is 0 Å². The molecule has 3 aliphatic carbocycles. The number of rotatable bonds is 3. The second kappa shape index (κ2) is 7.27. The van der Waals surface area contributed by atoms with Gasteiger partial charge in [-0.05, 0) is 103 Å². The number of aromatic nitrogens is 1. The Labute approximate surface area is 208 Å². The van der Waals surface area contributed by atoms with Crippen LogP contribution in [-0.2, 0) is 14.8 Å². The topological polar surface area (TPSA) is 68.3 Å². The van der Waals surface area contributed by atoms with Crippen molar-refractivity contribution < 1.29 is 13.2 Å². The number of ether oxygens (including phenoxy) is 1. The number of benzene rings is 1. The molecule has 2 aliphatic heterocycles. The largest absolute Gasteiger partial charge is 0.359 e. The molecule has 5 aliphatic rings. The van der Waals surface area contributed by atoms with Crippen molar-refractivity contribution in [2.75, 3.05) is 6.26 Å². The lowest BCUT2D eigenvalue weighted by atomic mass is 9.58. The summed E-state index contributed by atoms with van der Waals surface area (Å²) in [5, 5.41) is 2.46. The first-order valence-electron chi connectivity index (χ1n) is 13.1. The summed E-state index contributed by atoms with van der Waals surface area (Å²) in [5.41, 5.74) is 3.85. The van der Waals surface area contributed by atoms with Gasteiger partial charge >= 0.3 is 0 Å². The maximum Gasteiger partial charge on any atom is 0.208 e. The molecule has 35 heavy (non-hydrogen) atoms. The smallest absolute Gasteiger partial charge is 0.208 e. The fourth-order valence-corrected chi connectivity index (χ4v) is 9.49. The van der Waals surface area contributed by atoms with Gasteiger partial charge in [-0.15, -0.1) is 0 Å². The quantitative estimate of drug-likeness (QED) is 0.626. The molecule has 1 aromatic carbocycles. The first-order valence-corrected chi connectivity index (χ1v) is 15.0. The van der Waals surface area contributed by atoms with Crippen LogP contribution in [0, 0.1) is 11.3 Å². The van der Waals surface area contributed by atoms with E-state index >= 15 is 0 Å². The highest BCUT2D eigenvalue weighted by atomic mass is 32.2. The summed E-state index contributed by atoms with van der Waals surface area (Å²) in [6.07, 6.45) is 18.1. The van der Waals surface area contributed by atoms with Gasteiger partial charge in [-0.3, -0.25) is 4.98 Å². The van der Waals surface area contributed by atoms with Crippen molar-refractivity contribution in [1.29, 1.82) is 0 Å². The summed E-state index contributed by atoms with van der Waals surface area (Å²) < 4.78 is 34.1. The van der Waals surface area contributed by atoms with Crippen LogP contribution in [0.4, 0.5) is 0 Å². The van der Waals surface area contributed by atoms with Gasteiger partial charge in [0.2, 0.25) is 10.0 Å². The minimum atomic E-state index is -3.23. The average molecular weight is 491 g/mol. The first-order chi connectivity index (χ1) is 16.7. The number of nitrogens with one attached hydrogen (secondary N) is 1. The molecule has 2 spiro atoms. The Morgan fingerprint density at radius 1 is 1.11 bits per heavy atom. The van der Waals surface area contributed by atoms with Crippen molar-refractivity contribution in [3.63, 3.8) is 0 Å². The fourth-order valence-electron chi connectivity index (χ4n) is 8.68. The summed E-state index contributed by atoms with van der Waals surface area (Å²) in [4.78, 5) is 4.35. The number of fused-ring (bicyclic) bond motifs is 2. The monoisotopic (exact) mass is 490 g/mol. The summed E-state index contributed by atoms with van der Waals surface area (Å²) in [7, 11) is -3.23. The molecule has 6 heteroatoms. The molecule has 0 amide bonds. The molecule has 7 rings (SSSR count). The summed E-state index contributed by atoms with van der Waals surface area (Å²) in [6.45, 7) is 2.49. The van der Waals surface area contributed by atoms with Crippen molar-refractivity contribution in [3.8, 4) is 0 Å². The second-order valence-electron chi connectivity index (χ2n) is 12.0. The van der Waals surface area contributed by atoms with E-state index in [1.165, 1.54) is 46.6 Å². The van der Waals surface area contributed by atoms with Crippen molar-refractivity contribution in [1.82, 2.24) is 9.71 Å². The molecular formula is C29H34N2O3S. The Bertz CT molecular complexity index is 1400. The van der Waals surface area contributed by atoms with Gasteiger partial charge in [0.25, 0.3) is 0 Å². The second-order valence-corrected chi connectivity index (χ2v) is 13.8. The molecule has 184 valence electrons. The van der Waals surface area contributed by atoms with Gasteiger partial charge in [0.05, 0.1) is 17.5 Å². The molecule has 1 unspecified atom stereocenters. The Hall–Kier alpha value is -2.02. The number of sulfonamides is 1. The minimum absolute atomic E-state index is 0.0414. The van der Waals surface area contributed by atoms with E-state index in [2.05, 4.69) is 53.0 Å². The van der Waals surface area contributed by atoms with Gasteiger partial charge in [0.15, 0.2) is 0 Å². The summed E-state index contributed by atoms with van der Waals surface area (Å²) in [6, 6.07) is 8.98. The van der Waals surface area contributed by atoms with Crippen molar-refractivity contribution in [3.05, 3.63) is 65.5 Å². The highest BCUT2D eigenvalue weighted by molar-refractivity contribution is 7.88. The first kappa shape index (κ1) is 22.2. The zero-order chi connectivity index (χ0) is 24.1. The maximum absolute atomic E-state index is 12.0. The lowest BCUT2D eigenvalue weighted by molar-refractivity contribution is -0.135. The van der Waals surface area contributed by atoms with E-state index in [1.54, 1.807) is 0 Å². The number of allylic oxidation sites excluding steroid dienone is 1. The van der Waals surface area contributed by atoms with E-state index in [-0.39, 0.29) is 22.7 Å². The Balaban J connectivity index is 1.24. The van der Waals surface area contributed by atoms with E-state index in [9.17, 15) is 8.42 Å². The normalized spacial score (nSPS) is 40.0. The average Bonchev–Trinajstić information content (AvgIpc) is 3.33. The predicted octanol–water partition coefficient (Wildman–Crippen LogP) is 5.39. The van der Waals surface area contributed by atoms with Crippen LogP contribution >= 0.6 is 0 Å². The fraction of sp³-hybridized carbons (Fsp3) is 0.552. The third-order valence-corrected chi connectivity index (χ3v) is 10.9. The van der Waals surface area contributed by atoms with E-state index in [4.69, 9.17) is 4.74 Å². The highest BCUT2D eigenvalue weighted by Gasteiger charge is 2.66. The molecule has 3 heterocycles. The van der Waals surface area contributed by atoms with Crippen LogP contribution in [0.1, 0.15) is 69.8 Å². The van der Waals surface area contributed by atoms with Crippen LogP contribution < -0.4 is 4.72 Å². The van der Waals surface area contributed by atoms with E-state index in [0.717, 1.165) is 38.5 Å². The Morgan fingerprint density at radius 3 is 2.86 bits per heavy atom. The zero-order valence-electron chi connectivity index (χ0n) is 20.6. The molecule has 3 fully saturated rings. The molecule has 2 aromatic rings. The Kier molecular flexibility index (Phi) is 4.61. The van der Waals surface area contributed by atoms with Crippen LogP contribution in [0.2, 0.25) is 0 Å². The third kappa shape index (κ3) is 3.19. The lowest BCUT2D eigenvalue weighted by Crippen LogP contribution is -2.55. The van der Waals surface area contributed by atoms with Gasteiger partial charge in [-0.1, -0.05) is 31.2 Å². The van der Waals surface area contributed by atoms with Crippen LogP contribution in [0.25, 0.3) is 10.8 Å². The van der Waals surface area contributed by atoms with Gasteiger partial charge < -0.3 is 4.74 Å². The van der Waals surface area contributed by atoms with E-state index in [1.807, 2.05) is 12.4 Å². The summed E-state index contributed by atoms with van der Waals surface area (Å²) in [5.74, 6) is 0.978. The minimum Gasteiger partial charge on any atom is -0.359 e. The molecule has 1 aromatic heterocycles. The highest BCUT2D eigenvalue weighted by Crippen LogP contribution is 2.69. The molecular weight excluding hydrogens is 456 g/mol. The van der Waals surface area contributed by atoms with Crippen molar-refractivity contribution in [2.24, 2.45) is 11.3 Å². The molecule has 1 N–H and O–H groups in total. The predicted molar refractivity (Wildman–Crippen MR) is 137 cm³/mol. The van der Waals surface area contributed by atoms with Crippen LogP contribution in [0.5, 0.6) is 0 Å². The number of nitrogens with zero attached hydrogens (tertiary/aromatic N) is 1. The maximum atomic E-state index is 12.0. The molecule has 0 radical (unpaired) electrons. The van der Waals surface area contributed by atoms with Crippen molar-refractivity contribution in [2.45, 2.75) is 81.5 Å².